The second kappa shape index (κ2) is 12.3. The van der Waals surface area contributed by atoms with E-state index < -0.39 is 42.0 Å². The number of alkyl halides is 3. The van der Waals surface area contributed by atoms with Crippen LogP contribution in [0.4, 0.5) is 13.2 Å². The molecule has 14 heteroatoms. The number of halogens is 4. The van der Waals surface area contributed by atoms with Crippen molar-refractivity contribution in [2.75, 3.05) is 20.4 Å². The smallest absolute Gasteiger partial charge is 0.430 e. The number of fused-ring (bicyclic) bond motifs is 1. The van der Waals surface area contributed by atoms with Crippen molar-refractivity contribution in [3.63, 3.8) is 0 Å². The number of carboxylic acids is 1. The van der Waals surface area contributed by atoms with Crippen LogP contribution in [0.2, 0.25) is 5.02 Å². The normalized spacial score (nSPS) is 15.8. The number of unbranched alkanes of at least 4 members (excludes halogenated alkanes) is 2. The predicted octanol–water partition coefficient (Wildman–Crippen LogP) is 5.23. The molecule has 0 amide bonds. The van der Waals surface area contributed by atoms with E-state index in [1.165, 1.54) is 19.2 Å². The summed E-state index contributed by atoms with van der Waals surface area (Å²) in [5, 5.41) is 25.0. The third-order valence-electron chi connectivity index (χ3n) is 5.31. The molecule has 0 unspecified atom stereocenters. The summed E-state index contributed by atoms with van der Waals surface area (Å²) in [6.45, 7) is 4.85. The van der Waals surface area contributed by atoms with Gasteiger partial charge in [-0.05, 0) is 42.0 Å². The van der Waals surface area contributed by atoms with Gasteiger partial charge in [-0.2, -0.15) is 13.2 Å². The minimum absolute atomic E-state index is 0.0247. The van der Waals surface area contributed by atoms with Crippen molar-refractivity contribution >= 4 is 29.6 Å². The molecule has 0 saturated heterocycles. The summed E-state index contributed by atoms with van der Waals surface area (Å²) in [7, 11) is 1.40. The topological polar surface area (TPSA) is 124 Å². The molecule has 0 bridgehead atoms. The number of esters is 1. The molecular formula is C23H29ClF3N3O7. The van der Waals surface area contributed by atoms with Gasteiger partial charge in [0.25, 0.3) is 6.79 Å². The molecule has 0 fully saturated rings. The first-order chi connectivity index (χ1) is 17.1. The lowest BCUT2D eigenvalue weighted by Gasteiger charge is -2.30. The first kappa shape index (κ1) is 30.0. The quantitative estimate of drug-likeness (QED) is 0.0990. The van der Waals surface area contributed by atoms with E-state index in [4.69, 9.17) is 26.2 Å². The summed E-state index contributed by atoms with van der Waals surface area (Å²) in [5.74, 6) is -2.35. The summed E-state index contributed by atoms with van der Waals surface area (Å²) < 4.78 is 51.0. The summed E-state index contributed by atoms with van der Waals surface area (Å²) in [6, 6.07) is 2.83. The Hall–Kier alpha value is -3.22. The minimum Gasteiger partial charge on any atom is -0.569 e. The maximum atomic E-state index is 13.7. The number of carbonyl (C=O) groups is 2. The highest BCUT2D eigenvalue weighted by Crippen LogP contribution is 2.42. The number of carbonyl (C=O) groups excluding carboxylic acids is 1. The van der Waals surface area contributed by atoms with Crippen LogP contribution in [0.5, 0.6) is 5.75 Å². The molecule has 0 spiro atoms. The van der Waals surface area contributed by atoms with E-state index in [1.807, 2.05) is 20.8 Å². The van der Waals surface area contributed by atoms with E-state index in [0.29, 0.717) is 29.8 Å². The molecule has 0 aliphatic carbocycles. The van der Waals surface area contributed by atoms with Gasteiger partial charge in [-0.1, -0.05) is 38.8 Å². The van der Waals surface area contributed by atoms with Crippen molar-refractivity contribution in [2.24, 2.45) is 5.28 Å². The largest absolute Gasteiger partial charge is 0.569 e. The van der Waals surface area contributed by atoms with Gasteiger partial charge in [-0.25, -0.2) is 4.79 Å². The molecule has 0 radical (unpaired) electrons. The number of hydrazine groups is 1. The monoisotopic (exact) mass is 551 g/mol. The summed E-state index contributed by atoms with van der Waals surface area (Å²) in [6.07, 6.45) is -4.94. The van der Waals surface area contributed by atoms with Crippen molar-refractivity contribution < 1.29 is 47.1 Å². The summed E-state index contributed by atoms with van der Waals surface area (Å²) >= 11 is 6.30. The van der Waals surface area contributed by atoms with Gasteiger partial charge in [-0.3, -0.25) is 4.79 Å². The van der Waals surface area contributed by atoms with E-state index >= 15 is 0 Å². The summed E-state index contributed by atoms with van der Waals surface area (Å²) in [5.41, 5.74) is -0.528. The van der Waals surface area contributed by atoms with Gasteiger partial charge >= 0.3 is 18.1 Å². The highest BCUT2D eigenvalue weighted by molar-refractivity contribution is 6.31. The van der Waals surface area contributed by atoms with Crippen LogP contribution in [-0.4, -0.2) is 59.7 Å². The molecular weight excluding hydrogens is 523 g/mol. The number of ether oxygens (including phenoxy) is 2. The molecule has 10 nitrogen and oxygen atoms in total. The molecule has 1 atom stereocenters. The van der Waals surface area contributed by atoms with Gasteiger partial charge in [-0.15, -0.1) is 5.01 Å². The lowest BCUT2D eigenvalue weighted by atomic mass is 9.85. The number of aliphatic carboxylic acids is 1. The molecule has 37 heavy (non-hydrogen) atoms. The maximum absolute atomic E-state index is 13.7. The maximum Gasteiger partial charge on any atom is 0.430 e. The molecule has 1 aliphatic rings. The van der Waals surface area contributed by atoms with E-state index in [0.717, 1.165) is 11.1 Å². The van der Waals surface area contributed by atoms with Gasteiger partial charge in [0, 0.05) is 17.0 Å². The second-order valence-electron chi connectivity index (χ2n) is 9.36. The van der Waals surface area contributed by atoms with Crippen molar-refractivity contribution in [3.05, 3.63) is 39.1 Å². The van der Waals surface area contributed by atoms with Crippen LogP contribution in [0.3, 0.4) is 0 Å². The molecule has 1 aromatic carbocycles. The SMILES string of the molecule is CN(CCCCCC(=O)O)/[N+]([O-])=N/OCOC(=O)C1=Cc2cc(Cl)c(C(C)(C)C)cc2O[C@@H]1C(F)(F)F. The van der Waals surface area contributed by atoms with Gasteiger partial charge in [0.05, 0.1) is 24.1 Å². The highest BCUT2D eigenvalue weighted by Gasteiger charge is 2.49. The Balaban J connectivity index is 2.03. The van der Waals surface area contributed by atoms with Crippen LogP contribution in [0.1, 0.15) is 57.6 Å². The molecule has 2 rings (SSSR count). The Morgan fingerprint density at radius 3 is 2.51 bits per heavy atom. The van der Waals surface area contributed by atoms with E-state index in [9.17, 15) is 28.0 Å². The van der Waals surface area contributed by atoms with Gasteiger partial charge < -0.3 is 24.6 Å². The lowest BCUT2D eigenvalue weighted by Crippen LogP contribution is -2.41. The Labute approximate surface area is 216 Å². The van der Waals surface area contributed by atoms with Crippen LogP contribution < -0.4 is 4.74 Å². The number of hydrogen-bond donors (Lipinski definition) is 1. The molecule has 0 saturated carbocycles. The third-order valence-corrected chi connectivity index (χ3v) is 5.63. The second-order valence-corrected chi connectivity index (χ2v) is 9.77. The van der Waals surface area contributed by atoms with Crippen molar-refractivity contribution in [1.82, 2.24) is 5.01 Å². The Kier molecular flexibility index (Phi) is 10.0. The van der Waals surface area contributed by atoms with Crippen molar-refractivity contribution in [2.45, 2.75) is 64.1 Å². The van der Waals surface area contributed by atoms with Crippen molar-refractivity contribution in [3.8, 4) is 5.75 Å². The highest BCUT2D eigenvalue weighted by atomic mass is 35.5. The number of rotatable bonds is 11. The number of nitrogens with zero attached hydrogens (tertiary/aromatic N) is 3. The minimum atomic E-state index is -4.92. The zero-order valence-electron chi connectivity index (χ0n) is 20.8. The predicted molar refractivity (Wildman–Crippen MR) is 125 cm³/mol. The fraction of sp³-hybridized carbons (Fsp3) is 0.565. The standard InChI is InChI=1S/C23H29ClF3N3O7/c1-22(2,3)16-12-18-14(11-17(16)24)10-15(20(37-18)23(25,26)27)21(33)35-13-36-28-30(34)29(4)9-7-5-6-8-19(31)32/h10-12,20H,5-9,13H2,1-4H3,(H,31,32)/b30-28-/t20-/m0/s1. The zero-order chi connectivity index (χ0) is 28.0. The number of hydrogen-bond acceptors (Lipinski definition) is 7. The first-order valence-corrected chi connectivity index (χ1v) is 11.7. The first-order valence-electron chi connectivity index (χ1n) is 11.3. The van der Waals surface area contributed by atoms with Gasteiger partial charge in [0.1, 0.15) is 5.75 Å². The van der Waals surface area contributed by atoms with Crippen molar-refractivity contribution in [1.29, 1.82) is 0 Å². The Morgan fingerprint density at radius 2 is 1.92 bits per heavy atom. The van der Waals surface area contributed by atoms with E-state index in [2.05, 4.69) is 10.1 Å². The van der Waals surface area contributed by atoms with Gasteiger partial charge in [0.15, 0.2) is 0 Å². The molecule has 1 aliphatic heterocycles. The molecule has 1 N–H and O–H groups in total. The average molecular weight is 552 g/mol. The summed E-state index contributed by atoms with van der Waals surface area (Å²) in [4.78, 5) is 27.6. The fourth-order valence-corrected chi connectivity index (χ4v) is 3.83. The zero-order valence-corrected chi connectivity index (χ0v) is 21.6. The van der Waals surface area contributed by atoms with Crippen LogP contribution in [0, 0.1) is 5.21 Å². The van der Waals surface area contributed by atoms with Crippen LogP contribution in [0.15, 0.2) is 23.0 Å². The fourth-order valence-electron chi connectivity index (χ4n) is 3.38. The average Bonchev–Trinajstić information content (AvgIpc) is 2.78. The molecule has 1 heterocycles. The molecule has 206 valence electrons. The molecule has 1 aromatic rings. The Morgan fingerprint density at radius 1 is 1.24 bits per heavy atom. The van der Waals surface area contributed by atoms with E-state index in [-0.39, 0.29) is 29.2 Å². The molecule has 0 aromatic heterocycles. The lowest BCUT2D eigenvalue weighted by molar-refractivity contribution is -0.706. The number of benzene rings is 1. The number of carboxylic acid groups (broad SMARTS) is 1. The van der Waals surface area contributed by atoms with Crippen LogP contribution in [-0.2, 0) is 24.6 Å². The van der Waals surface area contributed by atoms with E-state index in [1.54, 1.807) is 0 Å². The van der Waals surface area contributed by atoms with Crippen LogP contribution in [0.25, 0.3) is 6.08 Å². The van der Waals surface area contributed by atoms with Crippen LogP contribution >= 0.6 is 11.6 Å². The third kappa shape index (κ3) is 8.69. The Bertz CT molecular complexity index is 1060. The van der Waals surface area contributed by atoms with Gasteiger partial charge in [0.2, 0.25) is 11.4 Å².